The van der Waals surface area contributed by atoms with E-state index in [-0.39, 0.29) is 18.2 Å². The van der Waals surface area contributed by atoms with Crippen molar-refractivity contribution in [3.63, 3.8) is 0 Å². The second-order valence-corrected chi connectivity index (χ2v) is 8.64. The average Bonchev–Trinajstić information content (AvgIpc) is 2.69. The Labute approximate surface area is 190 Å². The number of amides is 2. The smallest absolute Gasteiger partial charge is 0.242 e. The normalized spacial score (nSPS) is 11.8. The monoisotopic (exact) mass is 498 g/mol. The number of unbranched alkanes of at least 4 members (excludes halogenated alkanes) is 1. The Morgan fingerprint density at radius 3 is 2.45 bits per heavy atom. The van der Waals surface area contributed by atoms with E-state index in [9.17, 15) is 9.59 Å². The number of rotatable bonds is 9. The molecule has 0 heterocycles. The Morgan fingerprint density at radius 2 is 1.83 bits per heavy atom. The van der Waals surface area contributed by atoms with Gasteiger partial charge >= 0.3 is 0 Å². The minimum absolute atomic E-state index is 0.0963. The molecule has 0 bridgehead atoms. The highest BCUT2D eigenvalue weighted by molar-refractivity contribution is 9.10. The number of benzene rings is 2. The molecule has 1 atom stereocenters. The summed E-state index contributed by atoms with van der Waals surface area (Å²) < 4.78 is 0.956. The van der Waals surface area contributed by atoms with E-state index in [4.69, 9.17) is 23.2 Å². The summed E-state index contributed by atoms with van der Waals surface area (Å²) in [5.74, 6) is -0.332. The Hall–Kier alpha value is -1.56. The first-order valence-corrected chi connectivity index (χ1v) is 11.1. The molecule has 0 aliphatic rings. The number of hydrogen-bond acceptors (Lipinski definition) is 2. The lowest BCUT2D eigenvalue weighted by Crippen LogP contribution is -2.48. The molecule has 156 valence electrons. The lowest BCUT2D eigenvalue weighted by molar-refractivity contribution is -0.140. The predicted octanol–water partition coefficient (Wildman–Crippen LogP) is 5.63. The van der Waals surface area contributed by atoms with Gasteiger partial charge in [-0.15, -0.1) is 0 Å². The van der Waals surface area contributed by atoms with Crippen molar-refractivity contribution in [2.45, 2.75) is 45.7 Å². The lowest BCUT2D eigenvalue weighted by Gasteiger charge is -2.29. The molecule has 0 aliphatic carbocycles. The van der Waals surface area contributed by atoms with E-state index in [1.165, 1.54) is 0 Å². The summed E-state index contributed by atoms with van der Waals surface area (Å²) in [4.78, 5) is 27.4. The first-order valence-electron chi connectivity index (χ1n) is 9.57. The van der Waals surface area contributed by atoms with Gasteiger partial charge in [0.1, 0.15) is 6.04 Å². The summed E-state index contributed by atoms with van der Waals surface area (Å²) >= 11 is 15.6. The van der Waals surface area contributed by atoms with E-state index in [0.29, 0.717) is 28.7 Å². The molecule has 0 saturated heterocycles. The van der Waals surface area contributed by atoms with Crippen LogP contribution in [0.4, 0.5) is 0 Å². The molecule has 0 saturated carbocycles. The molecule has 0 radical (unpaired) electrons. The quantitative estimate of drug-likeness (QED) is 0.454. The number of carbonyl (C=O) groups excluding carboxylic acids is 2. The van der Waals surface area contributed by atoms with E-state index < -0.39 is 6.04 Å². The van der Waals surface area contributed by atoms with Crippen LogP contribution in [0, 0.1) is 0 Å². The summed E-state index contributed by atoms with van der Waals surface area (Å²) in [5, 5.41) is 3.87. The number of carbonyl (C=O) groups is 2. The van der Waals surface area contributed by atoms with Crippen molar-refractivity contribution in [1.82, 2.24) is 10.2 Å². The fraction of sp³-hybridized carbons (Fsp3) is 0.364. The van der Waals surface area contributed by atoms with Gasteiger partial charge in [-0.25, -0.2) is 0 Å². The van der Waals surface area contributed by atoms with E-state index in [1.54, 1.807) is 30.0 Å². The number of nitrogens with zero attached hydrogens (tertiary/aromatic N) is 1. The summed E-state index contributed by atoms with van der Waals surface area (Å²) in [7, 11) is 0. The molecule has 0 aromatic heterocycles. The van der Waals surface area contributed by atoms with Gasteiger partial charge in [0, 0.05) is 27.6 Å². The van der Waals surface area contributed by atoms with Crippen LogP contribution >= 0.6 is 39.1 Å². The molecule has 0 aliphatic heterocycles. The Bertz CT molecular complexity index is 843. The van der Waals surface area contributed by atoms with Crippen LogP contribution in [-0.2, 0) is 22.6 Å². The van der Waals surface area contributed by atoms with Crippen LogP contribution in [0.2, 0.25) is 10.0 Å². The van der Waals surface area contributed by atoms with Gasteiger partial charge in [-0.3, -0.25) is 9.59 Å². The molecule has 2 amide bonds. The fourth-order valence-electron chi connectivity index (χ4n) is 2.83. The molecule has 4 nitrogen and oxygen atoms in total. The summed E-state index contributed by atoms with van der Waals surface area (Å²) in [6.45, 7) is 4.75. The van der Waals surface area contributed by atoms with Crippen LogP contribution in [0.15, 0.2) is 46.9 Å². The van der Waals surface area contributed by atoms with Gasteiger partial charge in [-0.05, 0) is 48.7 Å². The van der Waals surface area contributed by atoms with Crippen molar-refractivity contribution in [2.24, 2.45) is 0 Å². The van der Waals surface area contributed by atoms with Crippen molar-refractivity contribution in [3.05, 3.63) is 68.1 Å². The van der Waals surface area contributed by atoms with E-state index in [1.807, 2.05) is 24.3 Å². The summed E-state index contributed by atoms with van der Waals surface area (Å²) in [5.41, 5.74) is 1.62. The summed E-state index contributed by atoms with van der Waals surface area (Å²) in [6, 6.07) is 12.2. The Balaban J connectivity index is 2.20. The molecule has 0 fully saturated rings. The molecular weight excluding hydrogens is 475 g/mol. The molecule has 2 aromatic rings. The van der Waals surface area contributed by atoms with Crippen LogP contribution < -0.4 is 5.32 Å². The molecule has 29 heavy (non-hydrogen) atoms. The highest BCUT2D eigenvalue weighted by Crippen LogP contribution is 2.23. The number of nitrogens with one attached hydrogen (secondary N) is 1. The van der Waals surface area contributed by atoms with E-state index in [0.717, 1.165) is 22.9 Å². The predicted molar refractivity (Wildman–Crippen MR) is 122 cm³/mol. The molecular formula is C22H25BrCl2N2O2. The average molecular weight is 500 g/mol. The zero-order chi connectivity index (χ0) is 21.4. The number of hydrogen-bond donors (Lipinski definition) is 1. The highest BCUT2D eigenvalue weighted by Gasteiger charge is 2.26. The Morgan fingerprint density at radius 1 is 1.14 bits per heavy atom. The third-order valence-electron chi connectivity index (χ3n) is 4.62. The van der Waals surface area contributed by atoms with Gasteiger partial charge in [-0.2, -0.15) is 0 Å². The van der Waals surface area contributed by atoms with Gasteiger partial charge in [0.2, 0.25) is 11.8 Å². The zero-order valence-electron chi connectivity index (χ0n) is 16.6. The van der Waals surface area contributed by atoms with Gasteiger partial charge in [0.25, 0.3) is 0 Å². The van der Waals surface area contributed by atoms with Crippen molar-refractivity contribution in [1.29, 1.82) is 0 Å². The van der Waals surface area contributed by atoms with Crippen LogP contribution in [0.1, 0.15) is 37.8 Å². The third-order valence-corrected chi connectivity index (χ3v) is 5.74. The lowest BCUT2D eigenvalue weighted by atomic mass is 10.1. The molecule has 7 heteroatoms. The Kier molecular flexibility index (Phi) is 9.47. The van der Waals surface area contributed by atoms with Crippen molar-refractivity contribution >= 4 is 50.9 Å². The van der Waals surface area contributed by atoms with E-state index >= 15 is 0 Å². The van der Waals surface area contributed by atoms with Crippen molar-refractivity contribution in [2.75, 3.05) is 6.54 Å². The van der Waals surface area contributed by atoms with E-state index in [2.05, 4.69) is 28.2 Å². The molecule has 1 unspecified atom stereocenters. The van der Waals surface area contributed by atoms with Crippen LogP contribution in [-0.4, -0.2) is 29.3 Å². The summed E-state index contributed by atoms with van der Waals surface area (Å²) in [6.07, 6.45) is 1.99. The van der Waals surface area contributed by atoms with Crippen molar-refractivity contribution in [3.8, 4) is 0 Å². The zero-order valence-corrected chi connectivity index (χ0v) is 19.6. The van der Waals surface area contributed by atoms with Crippen LogP contribution in [0.5, 0.6) is 0 Å². The van der Waals surface area contributed by atoms with Gasteiger partial charge in [0.15, 0.2) is 0 Å². The third kappa shape index (κ3) is 7.32. The number of halogens is 3. The van der Waals surface area contributed by atoms with Crippen LogP contribution in [0.3, 0.4) is 0 Å². The minimum Gasteiger partial charge on any atom is -0.354 e. The standard InChI is InChI=1S/C22H25BrCl2N2O2/c1-3-4-11-26-22(29)15(2)27(14-16-5-8-18(23)9-6-16)21(28)12-17-7-10-19(24)13-20(17)25/h5-10,13,15H,3-4,11-12,14H2,1-2H3,(H,26,29). The first-order chi connectivity index (χ1) is 13.8. The topological polar surface area (TPSA) is 49.4 Å². The van der Waals surface area contributed by atoms with Crippen molar-refractivity contribution < 1.29 is 9.59 Å². The minimum atomic E-state index is -0.603. The van der Waals surface area contributed by atoms with Gasteiger partial charge < -0.3 is 10.2 Å². The largest absolute Gasteiger partial charge is 0.354 e. The molecule has 2 rings (SSSR count). The van der Waals surface area contributed by atoms with Gasteiger partial charge in [-0.1, -0.05) is 70.7 Å². The highest BCUT2D eigenvalue weighted by atomic mass is 79.9. The maximum absolute atomic E-state index is 13.1. The van der Waals surface area contributed by atoms with Gasteiger partial charge in [0.05, 0.1) is 6.42 Å². The second kappa shape index (κ2) is 11.6. The maximum atomic E-state index is 13.1. The first kappa shape index (κ1) is 23.7. The molecule has 0 spiro atoms. The van der Waals surface area contributed by atoms with Crippen LogP contribution in [0.25, 0.3) is 0 Å². The maximum Gasteiger partial charge on any atom is 0.242 e. The molecule has 2 aromatic carbocycles. The SMILES string of the molecule is CCCCNC(=O)C(C)N(Cc1ccc(Br)cc1)C(=O)Cc1ccc(Cl)cc1Cl. The second-order valence-electron chi connectivity index (χ2n) is 6.88. The molecule has 1 N–H and O–H groups in total. The fourth-order valence-corrected chi connectivity index (χ4v) is 3.57.